The summed E-state index contributed by atoms with van der Waals surface area (Å²) in [7, 11) is -3.59. The van der Waals surface area contributed by atoms with Crippen molar-refractivity contribution in [1.29, 1.82) is 0 Å². The predicted molar refractivity (Wildman–Crippen MR) is 83.6 cm³/mol. The van der Waals surface area contributed by atoms with Crippen LogP contribution >= 0.6 is 0 Å². The second-order valence-corrected chi connectivity index (χ2v) is 6.40. The van der Waals surface area contributed by atoms with Gasteiger partial charge >= 0.3 is 0 Å². The molecule has 0 aliphatic heterocycles. The van der Waals surface area contributed by atoms with Crippen molar-refractivity contribution in [3.63, 3.8) is 0 Å². The molecule has 0 radical (unpaired) electrons. The Bertz CT molecular complexity index is 697. The topological polar surface area (TPSA) is 71.1 Å². The van der Waals surface area contributed by atoms with Gasteiger partial charge < -0.3 is 5.32 Å². The average molecular weight is 305 g/mol. The number of aryl methyl sites for hydroxylation is 1. The van der Waals surface area contributed by atoms with E-state index >= 15 is 0 Å². The van der Waals surface area contributed by atoms with Crippen LogP contribution < -0.4 is 10.0 Å². The van der Waals surface area contributed by atoms with Crippen molar-refractivity contribution in [3.05, 3.63) is 53.9 Å². The van der Waals surface area contributed by atoms with Crippen molar-refractivity contribution in [1.82, 2.24) is 10.3 Å². The second kappa shape index (κ2) is 6.69. The lowest BCUT2D eigenvalue weighted by atomic mass is 10.2. The molecule has 0 fully saturated rings. The van der Waals surface area contributed by atoms with Gasteiger partial charge in [-0.05, 0) is 43.3 Å². The number of pyridine rings is 1. The lowest BCUT2D eigenvalue weighted by molar-refractivity contribution is 0.601. The van der Waals surface area contributed by atoms with E-state index in [4.69, 9.17) is 0 Å². The molecule has 0 aliphatic carbocycles. The number of aromatic nitrogens is 1. The Morgan fingerprint density at radius 3 is 2.67 bits per heavy atom. The van der Waals surface area contributed by atoms with Crippen molar-refractivity contribution >= 4 is 15.7 Å². The van der Waals surface area contributed by atoms with Gasteiger partial charge in [-0.3, -0.25) is 9.71 Å². The monoisotopic (exact) mass is 305 g/mol. The Hall–Kier alpha value is -1.92. The maximum Gasteiger partial charge on any atom is 0.261 e. The fraction of sp³-hybridized carbons (Fsp3) is 0.267. The van der Waals surface area contributed by atoms with Crippen LogP contribution in [0.15, 0.2) is 47.5 Å². The number of hydrogen-bond acceptors (Lipinski definition) is 4. The van der Waals surface area contributed by atoms with E-state index in [1.54, 1.807) is 30.3 Å². The fourth-order valence-electron chi connectivity index (χ4n) is 1.83. The Morgan fingerprint density at radius 2 is 2.00 bits per heavy atom. The van der Waals surface area contributed by atoms with Crippen LogP contribution in [0.2, 0.25) is 0 Å². The van der Waals surface area contributed by atoms with E-state index in [1.807, 2.05) is 19.9 Å². The van der Waals surface area contributed by atoms with E-state index in [0.717, 1.165) is 17.8 Å². The molecule has 2 N–H and O–H groups in total. The molecular formula is C15H19N3O2S. The van der Waals surface area contributed by atoms with Gasteiger partial charge in [0.2, 0.25) is 0 Å². The van der Waals surface area contributed by atoms with E-state index < -0.39 is 10.0 Å². The molecule has 1 aromatic heterocycles. The summed E-state index contributed by atoms with van der Waals surface area (Å²) >= 11 is 0. The van der Waals surface area contributed by atoms with Gasteiger partial charge in [0.1, 0.15) is 0 Å². The lowest BCUT2D eigenvalue weighted by Gasteiger charge is -2.09. The largest absolute Gasteiger partial charge is 0.313 e. The molecule has 6 heteroatoms. The summed E-state index contributed by atoms with van der Waals surface area (Å²) in [6.07, 6.45) is 1.51. The van der Waals surface area contributed by atoms with Gasteiger partial charge in [-0.2, -0.15) is 0 Å². The molecule has 2 rings (SSSR count). The lowest BCUT2D eigenvalue weighted by Crippen LogP contribution is -2.15. The van der Waals surface area contributed by atoms with Crippen LogP contribution in [0.25, 0.3) is 0 Å². The number of benzene rings is 1. The van der Waals surface area contributed by atoms with Gasteiger partial charge in [-0.25, -0.2) is 8.42 Å². The van der Waals surface area contributed by atoms with Gasteiger partial charge in [0.15, 0.2) is 0 Å². The normalized spacial score (nSPS) is 11.3. The Kier molecular flexibility index (Phi) is 4.93. The van der Waals surface area contributed by atoms with E-state index in [0.29, 0.717) is 12.2 Å². The van der Waals surface area contributed by atoms with Crippen molar-refractivity contribution in [3.8, 4) is 0 Å². The Balaban J connectivity index is 2.20. The Labute approximate surface area is 125 Å². The van der Waals surface area contributed by atoms with Crippen molar-refractivity contribution < 1.29 is 8.42 Å². The summed E-state index contributed by atoms with van der Waals surface area (Å²) in [5.74, 6) is 0. The van der Waals surface area contributed by atoms with Crippen LogP contribution in [0.1, 0.15) is 18.2 Å². The summed E-state index contributed by atoms with van der Waals surface area (Å²) in [5.41, 5.74) is 2.23. The van der Waals surface area contributed by atoms with Gasteiger partial charge in [-0.1, -0.05) is 19.1 Å². The molecule has 0 saturated carbocycles. The molecule has 1 heterocycles. The first-order chi connectivity index (χ1) is 10.0. The summed E-state index contributed by atoms with van der Waals surface area (Å²) in [6.45, 7) is 5.34. The highest BCUT2D eigenvalue weighted by atomic mass is 32.2. The molecule has 0 bridgehead atoms. The van der Waals surface area contributed by atoms with E-state index in [9.17, 15) is 8.42 Å². The summed E-state index contributed by atoms with van der Waals surface area (Å²) in [5, 5.41) is 3.17. The standard InChI is InChI=1S/C15H19N3O2S/c1-3-16-10-13-5-4-6-15(9-13)21(19,20)18-14-8-7-12(2)17-11-14/h4-9,11,16,18H,3,10H2,1-2H3. The van der Waals surface area contributed by atoms with E-state index in [-0.39, 0.29) is 4.90 Å². The minimum absolute atomic E-state index is 0.249. The van der Waals surface area contributed by atoms with E-state index in [2.05, 4.69) is 15.0 Å². The smallest absolute Gasteiger partial charge is 0.261 e. The number of sulfonamides is 1. The molecule has 0 spiro atoms. The maximum absolute atomic E-state index is 12.4. The number of hydrogen-bond donors (Lipinski definition) is 2. The quantitative estimate of drug-likeness (QED) is 0.859. The number of nitrogens with zero attached hydrogens (tertiary/aromatic N) is 1. The summed E-state index contributed by atoms with van der Waals surface area (Å²) in [4.78, 5) is 4.33. The van der Waals surface area contributed by atoms with E-state index in [1.165, 1.54) is 6.20 Å². The Morgan fingerprint density at radius 1 is 1.19 bits per heavy atom. The zero-order valence-corrected chi connectivity index (χ0v) is 12.9. The predicted octanol–water partition coefficient (Wildman–Crippen LogP) is 2.30. The minimum atomic E-state index is -3.59. The maximum atomic E-state index is 12.4. The molecule has 0 unspecified atom stereocenters. The van der Waals surface area contributed by atoms with Gasteiger partial charge in [0.05, 0.1) is 16.8 Å². The summed E-state index contributed by atoms with van der Waals surface area (Å²) in [6, 6.07) is 10.4. The first-order valence-corrected chi connectivity index (χ1v) is 8.25. The molecule has 1 aromatic carbocycles. The number of rotatable bonds is 6. The van der Waals surface area contributed by atoms with Crippen molar-refractivity contribution in [2.75, 3.05) is 11.3 Å². The highest BCUT2D eigenvalue weighted by molar-refractivity contribution is 7.92. The second-order valence-electron chi connectivity index (χ2n) is 4.72. The fourth-order valence-corrected chi connectivity index (χ4v) is 2.95. The zero-order valence-electron chi connectivity index (χ0n) is 12.1. The first kappa shape index (κ1) is 15.5. The summed E-state index contributed by atoms with van der Waals surface area (Å²) < 4.78 is 27.2. The molecule has 0 aliphatic rings. The zero-order chi connectivity index (χ0) is 15.3. The molecule has 0 amide bonds. The molecule has 21 heavy (non-hydrogen) atoms. The first-order valence-electron chi connectivity index (χ1n) is 6.76. The van der Waals surface area contributed by atoms with Crippen LogP contribution in [0, 0.1) is 6.92 Å². The molecule has 5 nitrogen and oxygen atoms in total. The molecular weight excluding hydrogens is 286 g/mol. The van der Waals surface area contributed by atoms with Crippen LogP contribution in [-0.2, 0) is 16.6 Å². The van der Waals surface area contributed by atoms with Crippen LogP contribution in [0.3, 0.4) is 0 Å². The molecule has 0 saturated heterocycles. The molecule has 0 atom stereocenters. The third-order valence-corrected chi connectivity index (χ3v) is 4.33. The van der Waals surface area contributed by atoms with Crippen LogP contribution in [-0.4, -0.2) is 19.9 Å². The number of anilines is 1. The third-order valence-electron chi connectivity index (χ3n) is 2.95. The highest BCUT2D eigenvalue weighted by Crippen LogP contribution is 2.16. The van der Waals surface area contributed by atoms with Gasteiger partial charge in [0.25, 0.3) is 10.0 Å². The van der Waals surface area contributed by atoms with Gasteiger partial charge in [-0.15, -0.1) is 0 Å². The van der Waals surface area contributed by atoms with Crippen LogP contribution in [0.4, 0.5) is 5.69 Å². The average Bonchev–Trinajstić information content (AvgIpc) is 2.48. The highest BCUT2D eigenvalue weighted by Gasteiger charge is 2.14. The molecule has 112 valence electrons. The SMILES string of the molecule is CCNCc1cccc(S(=O)(=O)Nc2ccc(C)nc2)c1. The van der Waals surface area contributed by atoms with Crippen LogP contribution in [0.5, 0.6) is 0 Å². The molecule has 2 aromatic rings. The van der Waals surface area contributed by atoms with Crippen molar-refractivity contribution in [2.24, 2.45) is 0 Å². The van der Waals surface area contributed by atoms with Gasteiger partial charge in [0, 0.05) is 12.2 Å². The number of nitrogens with one attached hydrogen (secondary N) is 2. The minimum Gasteiger partial charge on any atom is -0.313 e. The van der Waals surface area contributed by atoms with Crippen molar-refractivity contribution in [2.45, 2.75) is 25.3 Å². The third kappa shape index (κ3) is 4.27.